The Morgan fingerprint density at radius 2 is 2.00 bits per heavy atom. The Kier molecular flexibility index (Phi) is 4.48. The van der Waals surface area contributed by atoms with Crippen molar-refractivity contribution in [2.24, 2.45) is 5.16 Å². The Bertz CT molecular complexity index is 1110. The van der Waals surface area contributed by atoms with Crippen LogP contribution in [0.4, 0.5) is 14.6 Å². The number of nitrogens with zero attached hydrogens (tertiary/aromatic N) is 4. The van der Waals surface area contributed by atoms with Crippen LogP contribution in [0.2, 0.25) is 0 Å². The first kappa shape index (κ1) is 18.9. The zero-order valence-corrected chi connectivity index (χ0v) is 16.3. The molecule has 0 radical (unpaired) electrons. The second kappa shape index (κ2) is 6.87. The third kappa shape index (κ3) is 3.41. The maximum absolute atomic E-state index is 14.4. The van der Waals surface area contributed by atoms with E-state index in [1.807, 2.05) is 13.8 Å². The van der Waals surface area contributed by atoms with Crippen molar-refractivity contribution in [3.05, 3.63) is 53.4 Å². The number of hydrogen-bond donors (Lipinski definition) is 2. The minimum atomic E-state index is -0.632. The van der Waals surface area contributed by atoms with E-state index in [-0.39, 0.29) is 11.3 Å². The number of benzene rings is 1. The van der Waals surface area contributed by atoms with E-state index in [0.717, 1.165) is 12.1 Å². The van der Waals surface area contributed by atoms with Crippen molar-refractivity contribution in [3.8, 4) is 5.75 Å². The van der Waals surface area contributed by atoms with E-state index in [9.17, 15) is 8.78 Å². The van der Waals surface area contributed by atoms with Gasteiger partial charge in [-0.3, -0.25) is 0 Å². The molecule has 8 nitrogen and oxygen atoms in total. The summed E-state index contributed by atoms with van der Waals surface area (Å²) in [5.74, 6) is -0.373. The Labute approximate surface area is 165 Å². The van der Waals surface area contributed by atoms with Crippen LogP contribution in [0.5, 0.6) is 5.75 Å². The van der Waals surface area contributed by atoms with Gasteiger partial charge in [0.1, 0.15) is 11.6 Å². The minimum absolute atomic E-state index is 0.0832. The number of aromatic nitrogens is 3. The molecule has 3 heterocycles. The predicted octanol–water partition coefficient (Wildman–Crippen LogP) is 3.21. The number of nitrogens with one attached hydrogen (secondary N) is 2. The molecule has 10 heteroatoms. The molecule has 1 aliphatic heterocycles. The molecule has 0 fully saturated rings. The molecule has 0 saturated carbocycles. The second-order valence-electron chi connectivity index (χ2n) is 7.15. The van der Waals surface area contributed by atoms with Crippen molar-refractivity contribution in [1.29, 1.82) is 0 Å². The summed E-state index contributed by atoms with van der Waals surface area (Å²) in [5.41, 5.74) is 0.641. The molecular weight excluding hydrogens is 382 g/mol. The van der Waals surface area contributed by atoms with Gasteiger partial charge in [-0.05, 0) is 39.0 Å². The Hall–Kier alpha value is -3.43. The lowest BCUT2D eigenvalue weighted by Gasteiger charge is -2.19. The van der Waals surface area contributed by atoms with Crippen LogP contribution in [0.3, 0.4) is 0 Å². The van der Waals surface area contributed by atoms with Gasteiger partial charge in [-0.15, -0.1) is 0 Å². The highest BCUT2D eigenvalue weighted by Crippen LogP contribution is 2.32. The number of rotatable bonds is 5. The molecule has 0 amide bonds. The summed E-state index contributed by atoms with van der Waals surface area (Å²) in [7, 11) is 1.30. The van der Waals surface area contributed by atoms with Crippen LogP contribution in [0.1, 0.15) is 37.9 Å². The number of ether oxygens (including phenoxy) is 1. The molecule has 1 aromatic carbocycles. The third-order valence-electron chi connectivity index (χ3n) is 4.51. The standard InChI is InChI=1S/C19H20F2N6O2/c1-10(15-12(20)5-6-13(21)16(15)28-4)23-14-7-8-27-18(24-14)11(9-22-27)17-25-19(2,3)29-26-17/h5-10H,1-4H3,(H,23,24)(H,25,26)/t10-/m1/s1. The zero-order valence-electron chi connectivity index (χ0n) is 16.3. The van der Waals surface area contributed by atoms with E-state index in [4.69, 9.17) is 9.57 Å². The molecule has 0 aliphatic carbocycles. The number of fused-ring (bicyclic) bond motifs is 1. The van der Waals surface area contributed by atoms with Crippen LogP contribution >= 0.6 is 0 Å². The van der Waals surface area contributed by atoms with Gasteiger partial charge >= 0.3 is 0 Å². The molecular formula is C19H20F2N6O2. The highest BCUT2D eigenvalue weighted by Gasteiger charge is 2.30. The molecule has 29 heavy (non-hydrogen) atoms. The fraction of sp³-hybridized carbons (Fsp3) is 0.316. The second-order valence-corrected chi connectivity index (χ2v) is 7.15. The van der Waals surface area contributed by atoms with E-state index in [1.165, 1.54) is 7.11 Å². The predicted molar refractivity (Wildman–Crippen MR) is 103 cm³/mol. The fourth-order valence-electron chi connectivity index (χ4n) is 3.18. The third-order valence-corrected chi connectivity index (χ3v) is 4.51. The first-order valence-electron chi connectivity index (χ1n) is 8.96. The largest absolute Gasteiger partial charge is 0.493 e. The molecule has 1 atom stereocenters. The van der Waals surface area contributed by atoms with Crippen molar-refractivity contribution >= 4 is 17.3 Å². The van der Waals surface area contributed by atoms with Crippen LogP contribution in [0.25, 0.3) is 5.65 Å². The SMILES string of the molecule is COc1c(F)ccc(F)c1[C@@H](C)Nc1ccn2ncc(C3=NOC(C)(C)N3)c2n1. The van der Waals surface area contributed by atoms with Crippen molar-refractivity contribution < 1.29 is 18.4 Å². The van der Waals surface area contributed by atoms with Crippen LogP contribution < -0.4 is 15.4 Å². The van der Waals surface area contributed by atoms with Crippen molar-refractivity contribution in [1.82, 2.24) is 19.9 Å². The summed E-state index contributed by atoms with van der Waals surface area (Å²) in [6.07, 6.45) is 3.34. The molecule has 0 saturated heterocycles. The number of oxime groups is 1. The summed E-state index contributed by atoms with van der Waals surface area (Å²) in [6, 6.07) is 3.19. The molecule has 0 spiro atoms. The highest BCUT2D eigenvalue weighted by atomic mass is 19.1. The summed E-state index contributed by atoms with van der Waals surface area (Å²) < 4.78 is 35.0. The molecule has 0 bridgehead atoms. The maximum atomic E-state index is 14.4. The molecule has 3 aromatic rings. The minimum Gasteiger partial charge on any atom is -0.493 e. The molecule has 1 aliphatic rings. The van der Waals surface area contributed by atoms with Gasteiger partial charge in [0.15, 0.2) is 23.0 Å². The number of amidine groups is 1. The van der Waals surface area contributed by atoms with E-state index in [2.05, 4.69) is 25.9 Å². The maximum Gasteiger partial charge on any atom is 0.203 e. The molecule has 2 aromatic heterocycles. The average Bonchev–Trinajstić information content (AvgIpc) is 3.25. The van der Waals surface area contributed by atoms with Crippen molar-refractivity contribution in [2.75, 3.05) is 12.4 Å². The van der Waals surface area contributed by atoms with Gasteiger partial charge in [-0.2, -0.15) is 5.10 Å². The normalized spacial score (nSPS) is 16.1. The first-order valence-corrected chi connectivity index (χ1v) is 8.96. The zero-order chi connectivity index (χ0) is 20.8. The summed E-state index contributed by atoms with van der Waals surface area (Å²) >= 11 is 0. The quantitative estimate of drug-likeness (QED) is 0.682. The van der Waals surface area contributed by atoms with Crippen LogP contribution in [0.15, 0.2) is 35.7 Å². The topological polar surface area (TPSA) is 85.1 Å². The van der Waals surface area contributed by atoms with Gasteiger partial charge in [0.25, 0.3) is 0 Å². The average molecular weight is 402 g/mol. The Balaban J connectivity index is 1.66. The first-order chi connectivity index (χ1) is 13.8. The van der Waals surface area contributed by atoms with Gasteiger partial charge in [-0.1, -0.05) is 5.16 Å². The number of halogens is 2. The smallest absolute Gasteiger partial charge is 0.203 e. The lowest BCUT2D eigenvalue weighted by atomic mass is 10.1. The number of methoxy groups -OCH3 is 1. The van der Waals surface area contributed by atoms with Crippen LogP contribution in [-0.2, 0) is 4.84 Å². The molecule has 2 N–H and O–H groups in total. The van der Waals surface area contributed by atoms with Crippen LogP contribution in [-0.4, -0.2) is 33.3 Å². The highest BCUT2D eigenvalue weighted by molar-refractivity contribution is 6.04. The molecule has 0 unspecified atom stereocenters. The van der Waals surface area contributed by atoms with E-state index < -0.39 is 23.4 Å². The molecule has 152 valence electrons. The van der Waals surface area contributed by atoms with Crippen molar-refractivity contribution in [2.45, 2.75) is 32.5 Å². The van der Waals surface area contributed by atoms with Gasteiger partial charge in [0.05, 0.1) is 30.5 Å². The molecule has 4 rings (SSSR count). The summed E-state index contributed by atoms with van der Waals surface area (Å²) in [5, 5.41) is 14.5. The lowest BCUT2D eigenvalue weighted by molar-refractivity contribution is -0.00234. The van der Waals surface area contributed by atoms with E-state index >= 15 is 0 Å². The van der Waals surface area contributed by atoms with Crippen molar-refractivity contribution in [3.63, 3.8) is 0 Å². The van der Waals surface area contributed by atoms with Gasteiger partial charge in [-0.25, -0.2) is 18.3 Å². The fourth-order valence-corrected chi connectivity index (χ4v) is 3.18. The Morgan fingerprint density at radius 1 is 1.24 bits per heavy atom. The van der Waals surface area contributed by atoms with E-state index in [1.54, 1.807) is 29.9 Å². The number of anilines is 1. The Morgan fingerprint density at radius 3 is 2.69 bits per heavy atom. The summed E-state index contributed by atoms with van der Waals surface area (Å²) in [6.45, 7) is 5.39. The van der Waals surface area contributed by atoms with Gasteiger partial charge in [0, 0.05) is 6.20 Å². The van der Waals surface area contributed by atoms with Crippen LogP contribution in [0, 0.1) is 11.6 Å². The summed E-state index contributed by atoms with van der Waals surface area (Å²) in [4.78, 5) is 9.89. The van der Waals surface area contributed by atoms with Gasteiger partial charge < -0.3 is 20.2 Å². The lowest BCUT2D eigenvalue weighted by Crippen LogP contribution is -2.38. The monoisotopic (exact) mass is 402 g/mol. The van der Waals surface area contributed by atoms with Gasteiger partial charge in [0.2, 0.25) is 5.72 Å². The number of hydrogen-bond acceptors (Lipinski definition) is 7. The van der Waals surface area contributed by atoms with E-state index in [0.29, 0.717) is 22.9 Å².